The Labute approximate surface area is 90.4 Å². The van der Waals surface area contributed by atoms with Crippen LogP contribution in [0, 0.1) is 0 Å². The third kappa shape index (κ3) is 4.27. The van der Waals surface area contributed by atoms with Gasteiger partial charge in [0.25, 0.3) is 0 Å². The van der Waals surface area contributed by atoms with Gasteiger partial charge in [-0.15, -0.1) is 0 Å². The first-order valence-electron chi connectivity index (χ1n) is 5.16. The molecule has 0 aliphatic rings. The molecule has 4 nitrogen and oxygen atoms in total. The smallest absolute Gasteiger partial charge is 0.213 e. The minimum Gasteiger partial charge on any atom is -0.472 e. The normalized spacial score (nSPS) is 12.5. The predicted octanol–water partition coefficient (Wildman–Crippen LogP) is 1.34. The Morgan fingerprint density at radius 3 is 2.93 bits per heavy atom. The maximum Gasteiger partial charge on any atom is 0.213 e. The second-order valence-electron chi connectivity index (χ2n) is 3.26. The van der Waals surface area contributed by atoms with Gasteiger partial charge >= 0.3 is 0 Å². The van der Waals surface area contributed by atoms with E-state index in [0.717, 1.165) is 5.69 Å². The van der Waals surface area contributed by atoms with Crippen LogP contribution in [0.1, 0.15) is 19.5 Å². The SMILES string of the molecule is CCOCC(C)Oc1cccc(CN)n1. The van der Waals surface area contributed by atoms with Crippen molar-refractivity contribution in [2.45, 2.75) is 26.5 Å². The number of rotatable bonds is 6. The molecule has 0 spiro atoms. The number of hydrogen-bond donors (Lipinski definition) is 1. The van der Waals surface area contributed by atoms with Crippen LogP contribution in [0.4, 0.5) is 0 Å². The molecule has 15 heavy (non-hydrogen) atoms. The van der Waals surface area contributed by atoms with Crippen molar-refractivity contribution in [3.8, 4) is 5.88 Å². The molecule has 0 fully saturated rings. The highest BCUT2D eigenvalue weighted by molar-refractivity contribution is 5.15. The van der Waals surface area contributed by atoms with E-state index in [2.05, 4.69) is 4.98 Å². The summed E-state index contributed by atoms with van der Waals surface area (Å²) in [6, 6.07) is 5.58. The van der Waals surface area contributed by atoms with Gasteiger partial charge in [-0.25, -0.2) is 4.98 Å². The first kappa shape index (κ1) is 11.9. The van der Waals surface area contributed by atoms with Crippen LogP contribution in [0.3, 0.4) is 0 Å². The first-order valence-corrected chi connectivity index (χ1v) is 5.16. The highest BCUT2D eigenvalue weighted by atomic mass is 16.5. The molecule has 84 valence electrons. The Morgan fingerprint density at radius 1 is 1.47 bits per heavy atom. The summed E-state index contributed by atoms with van der Waals surface area (Å²) < 4.78 is 10.8. The van der Waals surface area contributed by atoms with Crippen LogP contribution in [0.25, 0.3) is 0 Å². The van der Waals surface area contributed by atoms with Gasteiger partial charge in [0.1, 0.15) is 6.10 Å². The van der Waals surface area contributed by atoms with Gasteiger partial charge in [-0.05, 0) is 19.9 Å². The second kappa shape index (κ2) is 6.37. The Bertz CT molecular complexity index is 292. The Hall–Kier alpha value is -1.13. The van der Waals surface area contributed by atoms with Gasteiger partial charge in [-0.2, -0.15) is 0 Å². The van der Waals surface area contributed by atoms with Gasteiger partial charge in [-0.1, -0.05) is 6.07 Å². The molecule has 1 rings (SSSR count). The van der Waals surface area contributed by atoms with Crippen molar-refractivity contribution in [3.63, 3.8) is 0 Å². The van der Waals surface area contributed by atoms with Crippen molar-refractivity contribution in [3.05, 3.63) is 23.9 Å². The van der Waals surface area contributed by atoms with Crippen molar-refractivity contribution in [1.82, 2.24) is 4.98 Å². The summed E-state index contributed by atoms with van der Waals surface area (Å²) in [7, 11) is 0. The van der Waals surface area contributed by atoms with Gasteiger partial charge in [0, 0.05) is 19.2 Å². The quantitative estimate of drug-likeness (QED) is 0.770. The lowest BCUT2D eigenvalue weighted by Crippen LogP contribution is -2.19. The van der Waals surface area contributed by atoms with Crippen LogP contribution in [0.15, 0.2) is 18.2 Å². The minimum atomic E-state index is 0.00507. The monoisotopic (exact) mass is 210 g/mol. The molecule has 0 saturated heterocycles. The molecule has 2 N–H and O–H groups in total. The maximum atomic E-state index is 5.57. The summed E-state index contributed by atoms with van der Waals surface area (Å²) in [6.45, 7) is 5.61. The zero-order valence-electron chi connectivity index (χ0n) is 9.27. The molecule has 0 aliphatic carbocycles. The van der Waals surface area contributed by atoms with E-state index in [9.17, 15) is 0 Å². The molecule has 0 saturated carbocycles. The largest absolute Gasteiger partial charge is 0.472 e. The molecule has 0 radical (unpaired) electrons. The summed E-state index contributed by atoms with van der Waals surface area (Å²) in [5, 5.41) is 0. The van der Waals surface area contributed by atoms with E-state index in [0.29, 0.717) is 25.6 Å². The fourth-order valence-corrected chi connectivity index (χ4v) is 1.16. The van der Waals surface area contributed by atoms with E-state index in [1.54, 1.807) is 0 Å². The predicted molar refractivity (Wildman–Crippen MR) is 58.7 cm³/mol. The average Bonchev–Trinajstić information content (AvgIpc) is 2.26. The van der Waals surface area contributed by atoms with Gasteiger partial charge in [0.05, 0.1) is 12.3 Å². The number of pyridine rings is 1. The zero-order valence-corrected chi connectivity index (χ0v) is 9.27. The van der Waals surface area contributed by atoms with Gasteiger partial charge in [-0.3, -0.25) is 0 Å². The molecule has 1 aromatic heterocycles. The van der Waals surface area contributed by atoms with Crippen LogP contribution in [0.5, 0.6) is 5.88 Å². The highest BCUT2D eigenvalue weighted by Crippen LogP contribution is 2.09. The zero-order chi connectivity index (χ0) is 11.1. The van der Waals surface area contributed by atoms with Crippen LogP contribution in [0.2, 0.25) is 0 Å². The van der Waals surface area contributed by atoms with Crippen LogP contribution in [-0.2, 0) is 11.3 Å². The number of nitrogens with zero attached hydrogens (tertiary/aromatic N) is 1. The van der Waals surface area contributed by atoms with Gasteiger partial charge in [0.2, 0.25) is 5.88 Å². The Balaban J connectivity index is 2.48. The lowest BCUT2D eigenvalue weighted by molar-refractivity contribution is 0.0632. The van der Waals surface area contributed by atoms with E-state index in [1.807, 2.05) is 32.0 Å². The Kier molecular flexibility index (Phi) is 5.07. The lowest BCUT2D eigenvalue weighted by atomic mass is 10.3. The molecule has 0 aromatic carbocycles. The molecule has 1 unspecified atom stereocenters. The maximum absolute atomic E-state index is 5.57. The van der Waals surface area contributed by atoms with Crippen LogP contribution in [-0.4, -0.2) is 24.3 Å². The number of aromatic nitrogens is 1. The Morgan fingerprint density at radius 2 is 2.27 bits per heavy atom. The second-order valence-corrected chi connectivity index (χ2v) is 3.26. The topological polar surface area (TPSA) is 57.4 Å². The third-order valence-electron chi connectivity index (χ3n) is 1.87. The van der Waals surface area contributed by atoms with Crippen molar-refractivity contribution < 1.29 is 9.47 Å². The van der Waals surface area contributed by atoms with Crippen molar-refractivity contribution in [2.24, 2.45) is 5.73 Å². The number of ether oxygens (including phenoxy) is 2. The molecule has 0 aliphatic heterocycles. The van der Waals surface area contributed by atoms with E-state index in [-0.39, 0.29) is 6.10 Å². The highest BCUT2D eigenvalue weighted by Gasteiger charge is 2.04. The lowest BCUT2D eigenvalue weighted by Gasteiger charge is -2.13. The molecule has 1 atom stereocenters. The first-order chi connectivity index (χ1) is 7.26. The summed E-state index contributed by atoms with van der Waals surface area (Å²) >= 11 is 0. The fraction of sp³-hybridized carbons (Fsp3) is 0.545. The summed E-state index contributed by atoms with van der Waals surface area (Å²) in [5.74, 6) is 0.602. The summed E-state index contributed by atoms with van der Waals surface area (Å²) in [6.07, 6.45) is 0.00507. The number of hydrogen-bond acceptors (Lipinski definition) is 4. The molecule has 1 heterocycles. The van der Waals surface area contributed by atoms with E-state index >= 15 is 0 Å². The van der Waals surface area contributed by atoms with Crippen molar-refractivity contribution in [1.29, 1.82) is 0 Å². The number of nitrogens with two attached hydrogens (primary N) is 1. The third-order valence-corrected chi connectivity index (χ3v) is 1.87. The standard InChI is InChI=1S/C11H18N2O2/c1-3-14-8-9(2)15-11-6-4-5-10(7-12)13-11/h4-6,9H,3,7-8,12H2,1-2H3. The van der Waals surface area contributed by atoms with Crippen molar-refractivity contribution in [2.75, 3.05) is 13.2 Å². The van der Waals surface area contributed by atoms with E-state index < -0.39 is 0 Å². The molecule has 1 aromatic rings. The van der Waals surface area contributed by atoms with E-state index in [1.165, 1.54) is 0 Å². The molecular weight excluding hydrogens is 192 g/mol. The average molecular weight is 210 g/mol. The molecule has 4 heteroatoms. The minimum absolute atomic E-state index is 0.00507. The molecular formula is C11H18N2O2. The summed E-state index contributed by atoms with van der Waals surface area (Å²) in [4.78, 5) is 4.24. The molecule has 0 bridgehead atoms. The van der Waals surface area contributed by atoms with Crippen LogP contribution >= 0.6 is 0 Å². The van der Waals surface area contributed by atoms with E-state index in [4.69, 9.17) is 15.2 Å². The summed E-state index contributed by atoms with van der Waals surface area (Å²) in [5.41, 5.74) is 6.32. The molecule has 0 amide bonds. The van der Waals surface area contributed by atoms with Crippen LogP contribution < -0.4 is 10.5 Å². The van der Waals surface area contributed by atoms with Gasteiger partial charge in [0.15, 0.2) is 0 Å². The van der Waals surface area contributed by atoms with Gasteiger partial charge < -0.3 is 15.2 Å². The van der Waals surface area contributed by atoms with Crippen molar-refractivity contribution >= 4 is 0 Å². The fourth-order valence-electron chi connectivity index (χ4n) is 1.16.